The molecule has 0 saturated heterocycles. The highest BCUT2D eigenvalue weighted by Gasteiger charge is 2.22. The van der Waals surface area contributed by atoms with Gasteiger partial charge in [-0.2, -0.15) is 0 Å². The number of thiophene rings is 1. The van der Waals surface area contributed by atoms with Crippen LogP contribution >= 0.6 is 23.6 Å². The number of aromatic nitrogens is 1. The van der Waals surface area contributed by atoms with Crippen LogP contribution in [0.5, 0.6) is 0 Å². The molecule has 1 aliphatic rings. The third-order valence-electron chi connectivity index (χ3n) is 3.14. The summed E-state index contributed by atoms with van der Waals surface area (Å²) in [7, 11) is 0. The Kier molecular flexibility index (Phi) is 3.01. The molecule has 3 rings (SSSR count). The molecule has 1 N–H and O–H groups in total. The number of rotatable bonds is 1. The van der Waals surface area contributed by atoms with Crippen molar-refractivity contribution >= 4 is 29.5 Å². The van der Waals surface area contributed by atoms with Crippen molar-refractivity contribution < 1.29 is 4.79 Å². The summed E-state index contributed by atoms with van der Waals surface area (Å²) in [5, 5.41) is 2.09. The predicted molar refractivity (Wildman–Crippen MR) is 74.4 cm³/mol. The predicted octanol–water partition coefficient (Wildman–Crippen LogP) is 3.00. The normalized spacial score (nSPS) is 14.3. The Morgan fingerprint density at radius 3 is 3.17 bits per heavy atom. The standard InChI is InChI=1S/C13H12N2OS2/c16-13(10-2-1-5-14-12(10)17)15-6-3-11-9(8-15)4-7-18-11/h1-2,4-5,7H,3,6,8H2,(H,14,17). The molecule has 0 fully saturated rings. The summed E-state index contributed by atoms with van der Waals surface area (Å²) in [4.78, 5) is 18.6. The monoisotopic (exact) mass is 276 g/mol. The maximum Gasteiger partial charge on any atom is 0.257 e. The van der Waals surface area contributed by atoms with Gasteiger partial charge < -0.3 is 9.88 Å². The molecule has 3 heterocycles. The first-order chi connectivity index (χ1) is 8.75. The molecular formula is C13H12N2OS2. The van der Waals surface area contributed by atoms with Crippen molar-refractivity contribution in [3.63, 3.8) is 0 Å². The minimum absolute atomic E-state index is 0.0219. The highest BCUT2D eigenvalue weighted by Crippen LogP contribution is 2.24. The Balaban J connectivity index is 1.87. The van der Waals surface area contributed by atoms with E-state index in [9.17, 15) is 4.79 Å². The van der Waals surface area contributed by atoms with E-state index in [2.05, 4.69) is 16.4 Å². The topological polar surface area (TPSA) is 36.1 Å². The van der Waals surface area contributed by atoms with Gasteiger partial charge in [0.1, 0.15) is 4.64 Å². The fraction of sp³-hybridized carbons (Fsp3) is 0.231. The number of hydrogen-bond donors (Lipinski definition) is 1. The molecule has 0 radical (unpaired) electrons. The molecule has 3 nitrogen and oxygen atoms in total. The lowest BCUT2D eigenvalue weighted by Gasteiger charge is -2.27. The minimum Gasteiger partial charge on any atom is -0.352 e. The number of nitrogens with one attached hydrogen (secondary N) is 1. The van der Waals surface area contributed by atoms with Crippen LogP contribution in [0.3, 0.4) is 0 Å². The number of carbonyl (C=O) groups is 1. The van der Waals surface area contributed by atoms with Gasteiger partial charge in [0.25, 0.3) is 5.91 Å². The van der Waals surface area contributed by atoms with Crippen LogP contribution in [0.15, 0.2) is 29.8 Å². The molecule has 0 bridgehead atoms. The lowest BCUT2D eigenvalue weighted by molar-refractivity contribution is 0.0735. The number of nitrogens with zero attached hydrogens (tertiary/aromatic N) is 1. The Morgan fingerprint density at radius 2 is 2.33 bits per heavy atom. The molecule has 0 unspecified atom stereocenters. The van der Waals surface area contributed by atoms with Crippen molar-refractivity contribution in [2.24, 2.45) is 0 Å². The first-order valence-corrected chi connectivity index (χ1v) is 7.07. The average Bonchev–Trinajstić information content (AvgIpc) is 2.85. The fourth-order valence-electron chi connectivity index (χ4n) is 2.18. The summed E-state index contributed by atoms with van der Waals surface area (Å²) in [6.45, 7) is 1.47. The van der Waals surface area contributed by atoms with E-state index in [0.29, 0.717) is 16.7 Å². The quantitative estimate of drug-likeness (QED) is 0.813. The molecule has 0 saturated carbocycles. The third kappa shape index (κ3) is 2.00. The van der Waals surface area contributed by atoms with Crippen LogP contribution in [0.4, 0.5) is 0 Å². The number of carbonyl (C=O) groups excluding carboxylic acids is 1. The molecule has 92 valence electrons. The van der Waals surface area contributed by atoms with Crippen LogP contribution < -0.4 is 0 Å². The van der Waals surface area contributed by atoms with E-state index in [0.717, 1.165) is 13.0 Å². The van der Waals surface area contributed by atoms with Crippen LogP contribution in [0.25, 0.3) is 0 Å². The van der Waals surface area contributed by atoms with Gasteiger partial charge in [-0.15, -0.1) is 11.3 Å². The van der Waals surface area contributed by atoms with Crippen molar-refractivity contribution in [2.75, 3.05) is 6.54 Å². The summed E-state index contributed by atoms with van der Waals surface area (Å²) in [6, 6.07) is 5.69. The average molecular weight is 276 g/mol. The van der Waals surface area contributed by atoms with Crippen molar-refractivity contribution in [1.82, 2.24) is 9.88 Å². The van der Waals surface area contributed by atoms with E-state index in [1.807, 2.05) is 11.0 Å². The number of pyridine rings is 1. The number of H-pyrrole nitrogens is 1. The lowest BCUT2D eigenvalue weighted by Crippen LogP contribution is -2.35. The van der Waals surface area contributed by atoms with Crippen LogP contribution in [0.1, 0.15) is 20.8 Å². The van der Waals surface area contributed by atoms with E-state index >= 15 is 0 Å². The molecule has 1 amide bonds. The fourth-order valence-corrected chi connectivity index (χ4v) is 3.30. The Labute approximate surface area is 114 Å². The van der Waals surface area contributed by atoms with Gasteiger partial charge in [0.15, 0.2) is 0 Å². The zero-order valence-corrected chi connectivity index (χ0v) is 11.3. The molecule has 18 heavy (non-hydrogen) atoms. The van der Waals surface area contributed by atoms with E-state index in [4.69, 9.17) is 12.2 Å². The summed E-state index contributed by atoms with van der Waals surface area (Å²) in [5.41, 5.74) is 1.86. The number of amides is 1. The zero-order valence-electron chi connectivity index (χ0n) is 9.68. The molecule has 0 aliphatic carbocycles. The molecule has 1 aliphatic heterocycles. The Hall–Kier alpha value is -1.46. The molecule has 0 aromatic carbocycles. The molecule has 0 atom stereocenters. The maximum atomic E-state index is 12.4. The summed E-state index contributed by atoms with van der Waals surface area (Å²) in [5.74, 6) is 0.0219. The van der Waals surface area contributed by atoms with Crippen LogP contribution in [-0.2, 0) is 13.0 Å². The van der Waals surface area contributed by atoms with Crippen molar-refractivity contribution in [2.45, 2.75) is 13.0 Å². The second kappa shape index (κ2) is 4.66. The molecule has 5 heteroatoms. The van der Waals surface area contributed by atoms with Crippen LogP contribution in [0.2, 0.25) is 0 Å². The number of hydrogen-bond acceptors (Lipinski definition) is 3. The number of aromatic amines is 1. The molecule has 2 aromatic rings. The molecular weight excluding hydrogens is 264 g/mol. The van der Waals surface area contributed by atoms with Crippen molar-refractivity contribution in [3.05, 3.63) is 50.4 Å². The highest BCUT2D eigenvalue weighted by molar-refractivity contribution is 7.71. The van der Waals surface area contributed by atoms with Gasteiger partial charge in [0.05, 0.1) is 5.56 Å². The lowest BCUT2D eigenvalue weighted by atomic mass is 10.1. The molecule has 0 spiro atoms. The maximum absolute atomic E-state index is 12.4. The van der Waals surface area contributed by atoms with Crippen LogP contribution in [0, 0.1) is 4.64 Å². The van der Waals surface area contributed by atoms with E-state index in [-0.39, 0.29) is 5.91 Å². The van der Waals surface area contributed by atoms with Gasteiger partial charge >= 0.3 is 0 Å². The smallest absolute Gasteiger partial charge is 0.257 e. The first-order valence-electron chi connectivity index (χ1n) is 5.78. The van der Waals surface area contributed by atoms with E-state index in [1.165, 1.54) is 10.4 Å². The van der Waals surface area contributed by atoms with Gasteiger partial charge in [-0.25, -0.2) is 0 Å². The van der Waals surface area contributed by atoms with Crippen LogP contribution in [-0.4, -0.2) is 22.3 Å². The summed E-state index contributed by atoms with van der Waals surface area (Å²) < 4.78 is 0.513. The number of fused-ring (bicyclic) bond motifs is 1. The Bertz CT molecular complexity index is 644. The largest absolute Gasteiger partial charge is 0.352 e. The van der Waals surface area contributed by atoms with Crippen molar-refractivity contribution in [3.8, 4) is 0 Å². The van der Waals surface area contributed by atoms with E-state index in [1.54, 1.807) is 23.6 Å². The van der Waals surface area contributed by atoms with Gasteiger partial charge in [-0.3, -0.25) is 4.79 Å². The SMILES string of the molecule is O=C(c1ccc[nH]c1=S)N1CCc2sccc2C1. The molecule has 2 aromatic heterocycles. The van der Waals surface area contributed by atoms with Crippen molar-refractivity contribution in [1.29, 1.82) is 0 Å². The van der Waals surface area contributed by atoms with Gasteiger partial charge in [0, 0.05) is 24.2 Å². The van der Waals surface area contributed by atoms with E-state index < -0.39 is 0 Å². The Morgan fingerprint density at radius 1 is 1.44 bits per heavy atom. The van der Waals surface area contributed by atoms with Gasteiger partial charge in [-0.05, 0) is 35.6 Å². The first kappa shape index (κ1) is 11.6. The van der Waals surface area contributed by atoms with Gasteiger partial charge in [-0.1, -0.05) is 12.2 Å². The third-order valence-corrected chi connectivity index (χ3v) is 4.50. The zero-order chi connectivity index (χ0) is 12.5. The second-order valence-electron chi connectivity index (χ2n) is 4.26. The van der Waals surface area contributed by atoms with Gasteiger partial charge in [0.2, 0.25) is 0 Å². The minimum atomic E-state index is 0.0219. The summed E-state index contributed by atoms with van der Waals surface area (Å²) >= 11 is 6.93. The highest BCUT2D eigenvalue weighted by atomic mass is 32.1. The summed E-state index contributed by atoms with van der Waals surface area (Å²) in [6.07, 6.45) is 2.69. The second-order valence-corrected chi connectivity index (χ2v) is 5.67.